The Hall–Kier alpha value is -2.85. The van der Waals surface area contributed by atoms with Gasteiger partial charge < -0.3 is 19.5 Å². The first-order valence-corrected chi connectivity index (χ1v) is 11.8. The van der Waals surface area contributed by atoms with Crippen LogP contribution in [0.2, 0.25) is 0 Å². The van der Waals surface area contributed by atoms with Gasteiger partial charge in [0.15, 0.2) is 17.3 Å². The molecular formula is C24H27F5N4O2. The second-order valence-electron chi connectivity index (χ2n) is 10.5. The molecule has 0 saturated carbocycles. The lowest BCUT2D eigenvalue weighted by Gasteiger charge is -2.44. The number of piperidine rings is 1. The number of alkyl halides is 3. The van der Waals surface area contributed by atoms with Crippen LogP contribution in [0, 0.1) is 17.0 Å². The molecule has 4 heterocycles. The number of carbonyl (C=O) groups excluding carboxylic acids is 1. The number of amides is 1. The second-order valence-corrected chi connectivity index (χ2v) is 10.5. The van der Waals surface area contributed by atoms with E-state index in [1.165, 1.54) is 0 Å². The van der Waals surface area contributed by atoms with Gasteiger partial charge in [0.2, 0.25) is 0 Å². The number of aromatic nitrogens is 1. The molecule has 2 bridgehead atoms. The number of rotatable bonds is 5. The summed E-state index contributed by atoms with van der Waals surface area (Å²) >= 11 is 0. The maximum Gasteiger partial charge on any atom is 0.396 e. The van der Waals surface area contributed by atoms with Crippen LogP contribution in [0.5, 0.6) is 0 Å². The van der Waals surface area contributed by atoms with Crippen LogP contribution in [0.4, 0.5) is 39.3 Å². The molecular weight excluding hydrogens is 471 g/mol. The van der Waals surface area contributed by atoms with Crippen molar-refractivity contribution in [3.05, 3.63) is 35.2 Å². The van der Waals surface area contributed by atoms with Crippen LogP contribution in [0.15, 0.2) is 16.5 Å². The molecule has 2 unspecified atom stereocenters. The summed E-state index contributed by atoms with van der Waals surface area (Å²) in [5.41, 5.74) is -0.921. The summed E-state index contributed by atoms with van der Waals surface area (Å²) in [7, 11) is 0. The first-order valence-electron chi connectivity index (χ1n) is 11.8. The Morgan fingerprint density at radius 2 is 1.71 bits per heavy atom. The first-order chi connectivity index (χ1) is 16.4. The monoisotopic (exact) mass is 498 g/mol. The van der Waals surface area contributed by atoms with Crippen molar-refractivity contribution < 1.29 is 31.2 Å². The van der Waals surface area contributed by atoms with Crippen LogP contribution in [-0.4, -0.2) is 42.2 Å². The maximum atomic E-state index is 15.0. The van der Waals surface area contributed by atoms with E-state index in [0.717, 1.165) is 44.2 Å². The maximum absolute atomic E-state index is 15.0. The normalized spacial score (nSPS) is 23.4. The zero-order chi connectivity index (χ0) is 25.1. The molecule has 1 aromatic heterocycles. The van der Waals surface area contributed by atoms with Gasteiger partial charge in [-0.3, -0.25) is 4.79 Å². The highest BCUT2D eigenvalue weighted by Crippen LogP contribution is 2.42. The lowest BCUT2D eigenvalue weighted by molar-refractivity contribution is -0.130. The number of benzene rings is 1. The van der Waals surface area contributed by atoms with Gasteiger partial charge in [0.05, 0.1) is 0 Å². The van der Waals surface area contributed by atoms with Gasteiger partial charge in [-0.05, 0) is 44.2 Å². The highest BCUT2D eigenvalue weighted by atomic mass is 19.4. The van der Waals surface area contributed by atoms with Gasteiger partial charge in [-0.2, -0.15) is 18.2 Å². The Morgan fingerprint density at radius 3 is 2.26 bits per heavy atom. The Balaban J connectivity index is 1.39. The Bertz CT molecular complexity index is 1100. The van der Waals surface area contributed by atoms with Crippen LogP contribution < -0.4 is 15.1 Å². The number of hydrogen-bond acceptors (Lipinski definition) is 5. The molecule has 190 valence electrons. The van der Waals surface area contributed by atoms with Crippen molar-refractivity contribution in [2.75, 3.05) is 28.2 Å². The van der Waals surface area contributed by atoms with Crippen molar-refractivity contribution in [1.82, 2.24) is 4.98 Å². The molecule has 2 atom stereocenters. The molecule has 3 aliphatic rings. The number of fused-ring (bicyclic) bond motifs is 2. The Kier molecular flexibility index (Phi) is 5.71. The third kappa shape index (κ3) is 4.69. The number of halogens is 5. The molecule has 0 spiro atoms. The van der Waals surface area contributed by atoms with Crippen LogP contribution >= 0.6 is 0 Å². The minimum atomic E-state index is -4.63. The fourth-order valence-corrected chi connectivity index (χ4v) is 5.63. The number of nitrogens with zero attached hydrogens (tertiary/aromatic N) is 3. The molecule has 11 heteroatoms. The summed E-state index contributed by atoms with van der Waals surface area (Å²) in [6.45, 7) is 4.99. The summed E-state index contributed by atoms with van der Waals surface area (Å²) in [6.07, 6.45) is -1.58. The van der Waals surface area contributed by atoms with Crippen molar-refractivity contribution in [2.45, 2.75) is 70.6 Å². The summed E-state index contributed by atoms with van der Waals surface area (Å²) in [4.78, 5) is 20.3. The van der Waals surface area contributed by atoms with E-state index in [0.29, 0.717) is 13.1 Å². The topological polar surface area (TPSA) is 61.6 Å². The lowest BCUT2D eigenvalue weighted by Crippen LogP contribution is -2.53. The second kappa shape index (κ2) is 8.37. The SMILES string of the molecule is CC1(C)CN(c2nc(C(=O)Nc3cc(F)c(N4C5CCCC4CC5)c(F)c3)c(CC(F)(F)F)o2)C1. The number of anilines is 3. The van der Waals surface area contributed by atoms with E-state index < -0.39 is 41.6 Å². The van der Waals surface area contributed by atoms with Crippen LogP contribution in [0.1, 0.15) is 62.2 Å². The molecule has 5 rings (SSSR count). The minimum Gasteiger partial charge on any atom is -0.427 e. The molecule has 3 saturated heterocycles. The molecule has 6 nitrogen and oxygen atoms in total. The fourth-order valence-electron chi connectivity index (χ4n) is 5.63. The van der Waals surface area contributed by atoms with E-state index in [4.69, 9.17) is 4.42 Å². The van der Waals surface area contributed by atoms with Crippen LogP contribution in [0.25, 0.3) is 0 Å². The quantitative estimate of drug-likeness (QED) is 0.538. The van der Waals surface area contributed by atoms with Gasteiger partial charge >= 0.3 is 6.18 Å². The van der Waals surface area contributed by atoms with E-state index in [2.05, 4.69) is 10.3 Å². The van der Waals surface area contributed by atoms with Gasteiger partial charge in [0.25, 0.3) is 11.9 Å². The van der Waals surface area contributed by atoms with Crippen LogP contribution in [0.3, 0.4) is 0 Å². The van der Waals surface area contributed by atoms with Gasteiger partial charge in [-0.25, -0.2) is 8.78 Å². The highest BCUT2D eigenvalue weighted by Gasteiger charge is 2.41. The average Bonchev–Trinajstić information content (AvgIpc) is 3.21. The third-order valence-corrected chi connectivity index (χ3v) is 7.00. The molecule has 35 heavy (non-hydrogen) atoms. The number of nitrogens with one attached hydrogen (secondary N) is 1. The molecule has 3 fully saturated rings. The molecule has 1 N–H and O–H groups in total. The van der Waals surface area contributed by atoms with E-state index in [-0.39, 0.29) is 34.9 Å². The van der Waals surface area contributed by atoms with Crippen molar-refractivity contribution in [1.29, 1.82) is 0 Å². The van der Waals surface area contributed by atoms with E-state index >= 15 is 8.78 Å². The predicted octanol–water partition coefficient (Wildman–Crippen LogP) is 5.68. The van der Waals surface area contributed by atoms with Crippen molar-refractivity contribution in [2.24, 2.45) is 5.41 Å². The standard InChI is InChI=1S/C24H27F5N4O2/c1-23(2)11-32(12-23)22-31-19(18(35-22)10-24(27,28)29)21(34)30-13-8-16(25)20(17(26)9-13)33-14-4-3-5-15(33)7-6-14/h8-9,14-15H,3-7,10-12H2,1-2H3,(H,30,34). The van der Waals surface area contributed by atoms with Gasteiger partial charge in [-0.1, -0.05) is 13.8 Å². The highest BCUT2D eigenvalue weighted by molar-refractivity contribution is 6.04. The smallest absolute Gasteiger partial charge is 0.396 e. The molecule has 1 amide bonds. The van der Waals surface area contributed by atoms with Crippen molar-refractivity contribution >= 4 is 23.3 Å². The van der Waals surface area contributed by atoms with E-state index in [1.54, 1.807) is 9.80 Å². The third-order valence-electron chi connectivity index (χ3n) is 7.00. The van der Waals surface area contributed by atoms with Crippen molar-refractivity contribution in [3.8, 4) is 0 Å². The lowest BCUT2D eigenvalue weighted by atomic mass is 9.85. The fraction of sp³-hybridized carbons (Fsp3) is 0.583. The average molecular weight is 498 g/mol. The largest absolute Gasteiger partial charge is 0.427 e. The zero-order valence-corrected chi connectivity index (χ0v) is 19.5. The van der Waals surface area contributed by atoms with E-state index in [1.807, 2.05) is 13.8 Å². The van der Waals surface area contributed by atoms with E-state index in [9.17, 15) is 18.0 Å². The summed E-state index contributed by atoms with van der Waals surface area (Å²) in [5, 5.41) is 2.29. The number of hydrogen-bond donors (Lipinski definition) is 1. The first kappa shape index (κ1) is 23.9. The van der Waals surface area contributed by atoms with Crippen LogP contribution in [-0.2, 0) is 6.42 Å². The summed E-state index contributed by atoms with van der Waals surface area (Å²) in [6, 6.07) is 2.08. The molecule has 3 aliphatic heterocycles. The molecule has 0 aliphatic carbocycles. The predicted molar refractivity (Wildman–Crippen MR) is 120 cm³/mol. The minimum absolute atomic E-state index is 0.0499. The van der Waals surface area contributed by atoms with Gasteiger partial charge in [-0.15, -0.1) is 0 Å². The number of carbonyl (C=O) groups is 1. The number of oxazole rings is 1. The molecule has 0 radical (unpaired) electrons. The Labute approximate surface area is 199 Å². The Morgan fingerprint density at radius 1 is 1.11 bits per heavy atom. The zero-order valence-electron chi connectivity index (χ0n) is 19.5. The molecule has 1 aromatic carbocycles. The summed E-state index contributed by atoms with van der Waals surface area (Å²) in [5.74, 6) is -3.31. The van der Waals surface area contributed by atoms with Crippen molar-refractivity contribution in [3.63, 3.8) is 0 Å². The van der Waals surface area contributed by atoms with Gasteiger partial charge in [0, 0.05) is 36.3 Å². The molecule has 2 aromatic rings. The van der Waals surface area contributed by atoms with Gasteiger partial charge in [0.1, 0.15) is 17.9 Å². The summed E-state index contributed by atoms with van der Waals surface area (Å²) < 4.78 is 74.7.